The summed E-state index contributed by atoms with van der Waals surface area (Å²) in [5.74, 6) is -0.0473. The number of aromatic carboxylic acids is 1. The summed E-state index contributed by atoms with van der Waals surface area (Å²) >= 11 is 0. The fourth-order valence-corrected chi connectivity index (χ4v) is 1.60. The van der Waals surface area contributed by atoms with E-state index in [1.165, 1.54) is 0 Å². The van der Waals surface area contributed by atoms with Crippen molar-refractivity contribution in [3.63, 3.8) is 0 Å². The first-order valence-corrected chi connectivity index (χ1v) is 4.95. The Kier molecular flexibility index (Phi) is 2.27. The Labute approximate surface area is 81.9 Å². The van der Waals surface area contributed by atoms with Gasteiger partial charge in [-0.15, -0.1) is 0 Å². The van der Waals surface area contributed by atoms with E-state index in [2.05, 4.69) is 5.16 Å². The molecule has 0 amide bonds. The SMILES string of the molecule is CCCc1onc(C2CC2)c1C(=O)O. The van der Waals surface area contributed by atoms with Crippen molar-refractivity contribution in [3.8, 4) is 0 Å². The standard InChI is InChI=1S/C10H13NO3/c1-2-3-7-8(10(12)13)9(11-14-7)6-4-5-6/h6H,2-5H2,1H3,(H,12,13). The number of carboxylic acid groups (broad SMARTS) is 1. The number of aromatic nitrogens is 1. The molecule has 4 heteroatoms. The van der Waals surface area contributed by atoms with Gasteiger partial charge in [0.15, 0.2) is 5.76 Å². The molecule has 76 valence electrons. The van der Waals surface area contributed by atoms with Gasteiger partial charge in [0.05, 0.1) is 0 Å². The maximum Gasteiger partial charge on any atom is 0.341 e. The highest BCUT2D eigenvalue weighted by Crippen LogP contribution is 2.41. The fraction of sp³-hybridized carbons (Fsp3) is 0.600. The number of carboxylic acids is 1. The maximum atomic E-state index is 11.0. The number of carbonyl (C=O) groups is 1. The van der Waals surface area contributed by atoms with E-state index in [4.69, 9.17) is 9.63 Å². The van der Waals surface area contributed by atoms with Gasteiger partial charge in [-0.1, -0.05) is 12.1 Å². The van der Waals surface area contributed by atoms with Gasteiger partial charge in [-0.2, -0.15) is 0 Å². The zero-order valence-corrected chi connectivity index (χ0v) is 8.12. The van der Waals surface area contributed by atoms with Crippen molar-refractivity contribution in [1.29, 1.82) is 0 Å². The molecule has 1 aliphatic carbocycles. The first-order valence-electron chi connectivity index (χ1n) is 4.95. The topological polar surface area (TPSA) is 63.3 Å². The first kappa shape index (κ1) is 9.24. The van der Waals surface area contributed by atoms with Gasteiger partial charge in [-0.05, 0) is 19.3 Å². The summed E-state index contributed by atoms with van der Waals surface area (Å²) < 4.78 is 5.07. The second-order valence-corrected chi connectivity index (χ2v) is 3.70. The third-order valence-electron chi connectivity index (χ3n) is 2.44. The summed E-state index contributed by atoms with van der Waals surface area (Å²) in [7, 11) is 0. The Bertz CT molecular complexity index is 352. The van der Waals surface area contributed by atoms with Crippen LogP contribution in [0.4, 0.5) is 0 Å². The largest absolute Gasteiger partial charge is 0.477 e. The predicted molar refractivity (Wildman–Crippen MR) is 49.4 cm³/mol. The van der Waals surface area contributed by atoms with Gasteiger partial charge in [-0.25, -0.2) is 4.79 Å². The molecule has 1 aliphatic rings. The summed E-state index contributed by atoms with van der Waals surface area (Å²) in [5, 5.41) is 12.9. The van der Waals surface area contributed by atoms with Crippen LogP contribution in [-0.4, -0.2) is 16.2 Å². The van der Waals surface area contributed by atoms with E-state index in [1.54, 1.807) is 0 Å². The normalized spacial score (nSPS) is 15.8. The minimum absolute atomic E-state index is 0.314. The van der Waals surface area contributed by atoms with Crippen LogP contribution in [0, 0.1) is 0 Å². The summed E-state index contributed by atoms with van der Waals surface area (Å²) in [6.07, 6.45) is 3.61. The van der Waals surface area contributed by atoms with Crippen LogP contribution < -0.4 is 0 Å². The molecule has 1 heterocycles. The highest BCUT2D eigenvalue weighted by Gasteiger charge is 2.33. The van der Waals surface area contributed by atoms with Gasteiger partial charge in [0, 0.05) is 12.3 Å². The molecule has 1 saturated carbocycles. The van der Waals surface area contributed by atoms with E-state index in [-0.39, 0.29) is 0 Å². The average molecular weight is 195 g/mol. The van der Waals surface area contributed by atoms with Gasteiger partial charge in [0.1, 0.15) is 11.3 Å². The molecule has 4 nitrogen and oxygen atoms in total. The molecule has 0 unspecified atom stereocenters. The maximum absolute atomic E-state index is 11.0. The van der Waals surface area contributed by atoms with E-state index in [0.29, 0.717) is 29.4 Å². The second-order valence-electron chi connectivity index (χ2n) is 3.70. The van der Waals surface area contributed by atoms with Gasteiger partial charge in [0.25, 0.3) is 0 Å². The molecule has 0 atom stereocenters. The van der Waals surface area contributed by atoms with Crippen LogP contribution in [-0.2, 0) is 6.42 Å². The van der Waals surface area contributed by atoms with E-state index in [9.17, 15) is 4.79 Å². The number of rotatable bonds is 4. The highest BCUT2D eigenvalue weighted by atomic mass is 16.5. The van der Waals surface area contributed by atoms with Crippen LogP contribution in [0.3, 0.4) is 0 Å². The lowest BCUT2D eigenvalue weighted by atomic mass is 10.1. The summed E-state index contributed by atoms with van der Waals surface area (Å²) in [6.45, 7) is 1.99. The van der Waals surface area contributed by atoms with Crippen molar-refractivity contribution < 1.29 is 14.4 Å². The number of aryl methyl sites for hydroxylation is 1. The Hall–Kier alpha value is -1.32. The van der Waals surface area contributed by atoms with Crippen LogP contribution in [0.15, 0.2) is 4.52 Å². The van der Waals surface area contributed by atoms with Crippen LogP contribution in [0.2, 0.25) is 0 Å². The average Bonchev–Trinajstić information content (AvgIpc) is 2.88. The zero-order chi connectivity index (χ0) is 10.1. The minimum Gasteiger partial charge on any atom is -0.477 e. The highest BCUT2D eigenvalue weighted by molar-refractivity contribution is 5.90. The van der Waals surface area contributed by atoms with Gasteiger partial charge < -0.3 is 9.63 Å². The number of hydrogen-bond donors (Lipinski definition) is 1. The molecule has 0 aromatic carbocycles. The monoisotopic (exact) mass is 195 g/mol. The Morgan fingerprint density at radius 1 is 1.64 bits per heavy atom. The summed E-state index contributed by atoms with van der Waals surface area (Å²) in [6, 6.07) is 0. The first-order chi connectivity index (χ1) is 6.74. The molecular formula is C10H13NO3. The molecule has 0 saturated heterocycles. The summed E-state index contributed by atoms with van der Waals surface area (Å²) in [5.41, 5.74) is 0.968. The van der Waals surface area contributed by atoms with Gasteiger partial charge in [0.2, 0.25) is 0 Å². The molecule has 1 aromatic rings. The lowest BCUT2D eigenvalue weighted by Gasteiger charge is -1.95. The minimum atomic E-state index is -0.906. The van der Waals surface area contributed by atoms with Crippen molar-refractivity contribution in [2.24, 2.45) is 0 Å². The molecule has 0 bridgehead atoms. The third-order valence-corrected chi connectivity index (χ3v) is 2.44. The fourth-order valence-electron chi connectivity index (χ4n) is 1.60. The van der Waals surface area contributed by atoms with Crippen molar-refractivity contribution in [2.45, 2.75) is 38.5 Å². The zero-order valence-electron chi connectivity index (χ0n) is 8.12. The molecular weight excluding hydrogens is 182 g/mol. The van der Waals surface area contributed by atoms with Crippen LogP contribution in [0.25, 0.3) is 0 Å². The predicted octanol–water partition coefficient (Wildman–Crippen LogP) is 2.20. The summed E-state index contributed by atoms with van der Waals surface area (Å²) in [4.78, 5) is 11.0. The van der Waals surface area contributed by atoms with Gasteiger partial charge in [-0.3, -0.25) is 0 Å². The molecule has 2 rings (SSSR count). The van der Waals surface area contributed by atoms with Crippen molar-refractivity contribution in [3.05, 3.63) is 17.0 Å². The Morgan fingerprint density at radius 2 is 2.36 bits per heavy atom. The van der Waals surface area contributed by atoms with E-state index < -0.39 is 5.97 Å². The van der Waals surface area contributed by atoms with Crippen molar-refractivity contribution in [1.82, 2.24) is 5.16 Å². The van der Waals surface area contributed by atoms with Crippen molar-refractivity contribution in [2.75, 3.05) is 0 Å². The van der Waals surface area contributed by atoms with E-state index in [1.807, 2.05) is 6.92 Å². The third kappa shape index (κ3) is 1.52. The number of nitrogens with zero attached hydrogens (tertiary/aromatic N) is 1. The van der Waals surface area contributed by atoms with Gasteiger partial charge >= 0.3 is 5.97 Å². The van der Waals surface area contributed by atoms with Crippen LogP contribution >= 0.6 is 0 Å². The Balaban J connectivity index is 2.35. The number of hydrogen-bond acceptors (Lipinski definition) is 3. The molecule has 1 fully saturated rings. The molecule has 14 heavy (non-hydrogen) atoms. The lowest BCUT2D eigenvalue weighted by molar-refractivity contribution is 0.0693. The van der Waals surface area contributed by atoms with Crippen LogP contribution in [0.5, 0.6) is 0 Å². The smallest absolute Gasteiger partial charge is 0.341 e. The lowest BCUT2D eigenvalue weighted by Crippen LogP contribution is -2.02. The van der Waals surface area contributed by atoms with E-state index >= 15 is 0 Å². The quantitative estimate of drug-likeness (QED) is 0.799. The molecule has 1 N–H and O–H groups in total. The van der Waals surface area contributed by atoms with Crippen LogP contribution in [0.1, 0.15) is 53.9 Å². The second kappa shape index (κ2) is 3.44. The molecule has 1 aromatic heterocycles. The van der Waals surface area contributed by atoms with E-state index in [0.717, 1.165) is 19.3 Å². The molecule has 0 spiro atoms. The van der Waals surface area contributed by atoms with Crippen molar-refractivity contribution >= 4 is 5.97 Å². The molecule has 0 radical (unpaired) electrons. The Morgan fingerprint density at radius 3 is 2.86 bits per heavy atom. The molecule has 0 aliphatic heterocycles.